The van der Waals surface area contributed by atoms with E-state index in [1.54, 1.807) is 7.11 Å². The van der Waals surface area contributed by atoms with Crippen molar-refractivity contribution in [1.29, 1.82) is 0 Å². The predicted molar refractivity (Wildman–Crippen MR) is 77.7 cm³/mol. The van der Waals surface area contributed by atoms with Gasteiger partial charge in [-0.25, -0.2) is 0 Å². The van der Waals surface area contributed by atoms with E-state index in [1.807, 2.05) is 0 Å². The number of hydrogen-bond acceptors (Lipinski definition) is 2. The third-order valence-electron chi connectivity index (χ3n) is 3.53. The summed E-state index contributed by atoms with van der Waals surface area (Å²) in [5.41, 5.74) is 2.35. The molecule has 4 heteroatoms. The summed E-state index contributed by atoms with van der Waals surface area (Å²) in [7, 11) is 1.69. The largest absolute Gasteiger partial charge is 0.496 e. The third-order valence-corrected chi connectivity index (χ3v) is 4.41. The van der Waals surface area contributed by atoms with E-state index >= 15 is 0 Å². The van der Waals surface area contributed by atoms with Gasteiger partial charge in [0.05, 0.1) is 23.8 Å². The zero-order chi connectivity index (χ0) is 13.2. The first-order valence-electron chi connectivity index (χ1n) is 6.17. The van der Waals surface area contributed by atoms with Crippen molar-refractivity contribution in [2.45, 2.75) is 31.8 Å². The zero-order valence-electron chi connectivity index (χ0n) is 10.8. The number of alkyl halides is 1. The fourth-order valence-corrected chi connectivity index (χ4v) is 3.16. The molecule has 0 fully saturated rings. The minimum Gasteiger partial charge on any atom is -0.496 e. The zero-order valence-corrected chi connectivity index (χ0v) is 13.1. The normalized spacial score (nSPS) is 22.7. The summed E-state index contributed by atoms with van der Waals surface area (Å²) in [6, 6.07) is 4.24. The fourth-order valence-electron chi connectivity index (χ4n) is 2.53. The van der Waals surface area contributed by atoms with Crippen LogP contribution in [0.4, 0.5) is 0 Å². The maximum Gasteiger partial charge on any atom is 0.133 e. The molecule has 0 saturated carbocycles. The Labute approximate surface area is 122 Å². The molecule has 0 aromatic heterocycles. The minimum absolute atomic E-state index is 0.225. The second kappa shape index (κ2) is 5.81. The molecule has 1 heterocycles. The van der Waals surface area contributed by atoms with Crippen LogP contribution in [-0.4, -0.2) is 19.6 Å². The SMILES string of the molecule is COc1cc2c(cc1Br)C(C)(CCCCl)OCC2. The van der Waals surface area contributed by atoms with Crippen molar-refractivity contribution in [3.63, 3.8) is 0 Å². The topological polar surface area (TPSA) is 18.5 Å². The lowest BCUT2D eigenvalue weighted by Crippen LogP contribution is -2.32. The Hall–Kier alpha value is -0.250. The van der Waals surface area contributed by atoms with E-state index in [9.17, 15) is 0 Å². The summed E-state index contributed by atoms with van der Waals surface area (Å²) in [5, 5.41) is 0. The average Bonchev–Trinajstić information content (AvgIpc) is 2.37. The number of ether oxygens (including phenoxy) is 2. The number of hydrogen-bond donors (Lipinski definition) is 0. The highest BCUT2D eigenvalue weighted by Gasteiger charge is 2.33. The summed E-state index contributed by atoms with van der Waals surface area (Å²) in [4.78, 5) is 0. The lowest BCUT2D eigenvalue weighted by Gasteiger charge is -2.36. The Morgan fingerprint density at radius 2 is 2.28 bits per heavy atom. The second-order valence-corrected chi connectivity index (χ2v) is 6.00. The van der Waals surface area contributed by atoms with Gasteiger partial charge in [0, 0.05) is 5.88 Å². The lowest BCUT2D eigenvalue weighted by molar-refractivity contribution is -0.0526. The maximum absolute atomic E-state index is 6.00. The Bertz CT molecular complexity index is 436. The average molecular weight is 334 g/mol. The van der Waals surface area contributed by atoms with Gasteiger partial charge in [-0.05, 0) is 65.4 Å². The van der Waals surface area contributed by atoms with Crippen LogP contribution in [0.2, 0.25) is 0 Å². The molecule has 1 atom stereocenters. The van der Waals surface area contributed by atoms with Crippen LogP contribution in [0, 0.1) is 0 Å². The van der Waals surface area contributed by atoms with Gasteiger partial charge in [0.2, 0.25) is 0 Å². The van der Waals surface area contributed by atoms with Crippen molar-refractivity contribution in [2.24, 2.45) is 0 Å². The van der Waals surface area contributed by atoms with Gasteiger partial charge >= 0.3 is 0 Å². The monoisotopic (exact) mass is 332 g/mol. The Kier molecular flexibility index (Phi) is 4.57. The van der Waals surface area contributed by atoms with Crippen molar-refractivity contribution in [1.82, 2.24) is 0 Å². The molecular formula is C14H18BrClO2. The Balaban J connectivity index is 2.39. The van der Waals surface area contributed by atoms with Crippen LogP contribution < -0.4 is 4.74 Å². The van der Waals surface area contributed by atoms with Gasteiger partial charge in [-0.2, -0.15) is 0 Å². The van der Waals surface area contributed by atoms with E-state index in [-0.39, 0.29) is 5.60 Å². The number of halogens is 2. The first-order valence-corrected chi connectivity index (χ1v) is 7.50. The van der Waals surface area contributed by atoms with Gasteiger partial charge in [0.1, 0.15) is 5.75 Å². The Morgan fingerprint density at radius 1 is 1.50 bits per heavy atom. The van der Waals surface area contributed by atoms with E-state index in [4.69, 9.17) is 21.1 Å². The summed E-state index contributed by atoms with van der Waals surface area (Å²) in [5.74, 6) is 1.56. The Morgan fingerprint density at radius 3 is 2.94 bits per heavy atom. The van der Waals surface area contributed by atoms with Gasteiger partial charge < -0.3 is 9.47 Å². The highest BCUT2D eigenvalue weighted by atomic mass is 79.9. The van der Waals surface area contributed by atoms with Crippen LogP contribution in [0.3, 0.4) is 0 Å². The quantitative estimate of drug-likeness (QED) is 0.766. The van der Waals surface area contributed by atoms with E-state index in [0.29, 0.717) is 5.88 Å². The van der Waals surface area contributed by atoms with E-state index in [1.165, 1.54) is 11.1 Å². The molecule has 1 aromatic carbocycles. The van der Waals surface area contributed by atoms with Crippen molar-refractivity contribution in [3.8, 4) is 5.75 Å². The minimum atomic E-state index is -0.225. The molecule has 0 spiro atoms. The molecule has 0 amide bonds. The standard InChI is InChI=1S/C14H18BrClO2/c1-14(5-3-6-16)11-9-12(15)13(17-2)8-10(11)4-7-18-14/h8-9H,3-7H2,1-2H3. The summed E-state index contributed by atoms with van der Waals surface area (Å²) in [6.45, 7) is 2.91. The van der Waals surface area contributed by atoms with Crippen LogP contribution in [0.25, 0.3) is 0 Å². The maximum atomic E-state index is 6.00. The molecular weight excluding hydrogens is 316 g/mol. The number of methoxy groups -OCH3 is 1. The highest BCUT2D eigenvalue weighted by molar-refractivity contribution is 9.10. The molecule has 0 bridgehead atoms. The van der Waals surface area contributed by atoms with E-state index in [0.717, 1.165) is 36.1 Å². The number of benzene rings is 1. The first-order chi connectivity index (χ1) is 8.60. The highest BCUT2D eigenvalue weighted by Crippen LogP contribution is 2.41. The summed E-state index contributed by atoms with van der Waals surface area (Å²) < 4.78 is 12.3. The van der Waals surface area contributed by atoms with Crippen LogP contribution in [0.1, 0.15) is 30.9 Å². The molecule has 100 valence electrons. The molecule has 2 nitrogen and oxygen atoms in total. The van der Waals surface area contributed by atoms with Gasteiger partial charge in [0.25, 0.3) is 0 Å². The summed E-state index contributed by atoms with van der Waals surface area (Å²) >= 11 is 9.35. The van der Waals surface area contributed by atoms with E-state index < -0.39 is 0 Å². The molecule has 1 aliphatic rings. The van der Waals surface area contributed by atoms with Crippen molar-refractivity contribution in [2.75, 3.05) is 19.6 Å². The molecule has 0 aliphatic carbocycles. The van der Waals surface area contributed by atoms with E-state index in [2.05, 4.69) is 35.0 Å². The van der Waals surface area contributed by atoms with Crippen molar-refractivity contribution >= 4 is 27.5 Å². The van der Waals surface area contributed by atoms with Gasteiger partial charge in [-0.15, -0.1) is 11.6 Å². The van der Waals surface area contributed by atoms with Gasteiger partial charge in [0.15, 0.2) is 0 Å². The van der Waals surface area contributed by atoms with Crippen molar-refractivity contribution < 1.29 is 9.47 Å². The first kappa shape index (κ1) is 14.2. The smallest absolute Gasteiger partial charge is 0.133 e. The lowest BCUT2D eigenvalue weighted by atomic mass is 9.84. The number of fused-ring (bicyclic) bond motifs is 1. The third kappa shape index (κ3) is 2.68. The fraction of sp³-hybridized carbons (Fsp3) is 0.571. The van der Waals surface area contributed by atoms with Crippen LogP contribution in [0.5, 0.6) is 5.75 Å². The second-order valence-electron chi connectivity index (χ2n) is 4.77. The summed E-state index contributed by atoms with van der Waals surface area (Å²) in [6.07, 6.45) is 2.85. The van der Waals surface area contributed by atoms with Crippen LogP contribution in [0.15, 0.2) is 16.6 Å². The molecule has 0 radical (unpaired) electrons. The van der Waals surface area contributed by atoms with Crippen LogP contribution >= 0.6 is 27.5 Å². The molecule has 1 aliphatic heterocycles. The molecule has 0 N–H and O–H groups in total. The van der Waals surface area contributed by atoms with Crippen molar-refractivity contribution in [3.05, 3.63) is 27.7 Å². The molecule has 2 rings (SSSR count). The molecule has 0 saturated heterocycles. The van der Waals surface area contributed by atoms with Gasteiger partial charge in [-0.1, -0.05) is 0 Å². The predicted octanol–water partition coefficient (Wildman–Crippen LogP) is 4.26. The van der Waals surface area contributed by atoms with Gasteiger partial charge in [-0.3, -0.25) is 0 Å². The molecule has 1 unspecified atom stereocenters. The molecule has 18 heavy (non-hydrogen) atoms. The number of rotatable bonds is 4. The van der Waals surface area contributed by atoms with Crippen LogP contribution in [-0.2, 0) is 16.8 Å². The molecule has 1 aromatic rings.